The Kier molecular flexibility index (Phi) is 3.31. The van der Waals surface area contributed by atoms with Gasteiger partial charge in [0.1, 0.15) is 5.82 Å². The van der Waals surface area contributed by atoms with Crippen molar-refractivity contribution in [3.8, 4) is 0 Å². The molecular weight excluding hydrogens is 325 g/mol. The van der Waals surface area contributed by atoms with Crippen LogP contribution in [0, 0.1) is 5.82 Å². The molecule has 0 saturated carbocycles. The van der Waals surface area contributed by atoms with Crippen molar-refractivity contribution in [2.24, 2.45) is 0 Å². The summed E-state index contributed by atoms with van der Waals surface area (Å²) in [6.45, 7) is 0. The monoisotopic (exact) mass is 333 g/mol. The zero-order valence-corrected chi connectivity index (χ0v) is 11.8. The van der Waals surface area contributed by atoms with Gasteiger partial charge in [0.25, 0.3) is 0 Å². The molecule has 3 aromatic rings. The quantitative estimate of drug-likeness (QED) is 0.692. The SMILES string of the molecule is O=C(Cc1ccc(F)c(Br)c1)c1cnn2ccncc12. The van der Waals surface area contributed by atoms with Gasteiger partial charge in [0.15, 0.2) is 5.78 Å². The largest absolute Gasteiger partial charge is 0.294 e. The Morgan fingerprint density at radius 2 is 2.20 bits per heavy atom. The Bertz CT molecular complexity index is 800. The molecule has 0 N–H and O–H groups in total. The van der Waals surface area contributed by atoms with Crippen LogP contribution < -0.4 is 0 Å². The van der Waals surface area contributed by atoms with Crippen molar-refractivity contribution in [3.63, 3.8) is 0 Å². The summed E-state index contributed by atoms with van der Waals surface area (Å²) in [6.07, 6.45) is 6.60. The summed E-state index contributed by atoms with van der Waals surface area (Å²) in [5.41, 5.74) is 1.92. The normalized spacial score (nSPS) is 10.9. The third-order valence-electron chi connectivity index (χ3n) is 2.97. The first kappa shape index (κ1) is 12.9. The molecule has 6 heteroatoms. The highest BCUT2D eigenvalue weighted by molar-refractivity contribution is 9.10. The maximum atomic E-state index is 13.2. The van der Waals surface area contributed by atoms with Gasteiger partial charge in [-0.15, -0.1) is 0 Å². The maximum Gasteiger partial charge on any atom is 0.171 e. The molecule has 3 rings (SSSR count). The molecule has 0 bridgehead atoms. The Morgan fingerprint density at radius 3 is 3.00 bits per heavy atom. The topological polar surface area (TPSA) is 47.3 Å². The van der Waals surface area contributed by atoms with E-state index in [-0.39, 0.29) is 18.0 Å². The molecule has 0 aliphatic carbocycles. The Labute approximate surface area is 122 Å². The Balaban J connectivity index is 1.91. The van der Waals surface area contributed by atoms with Crippen LogP contribution in [0.1, 0.15) is 15.9 Å². The van der Waals surface area contributed by atoms with Crippen molar-refractivity contribution < 1.29 is 9.18 Å². The summed E-state index contributed by atoms with van der Waals surface area (Å²) >= 11 is 3.11. The number of hydrogen-bond acceptors (Lipinski definition) is 3. The lowest BCUT2D eigenvalue weighted by molar-refractivity contribution is 0.0994. The molecule has 0 amide bonds. The summed E-state index contributed by atoms with van der Waals surface area (Å²) in [5, 5.41) is 4.10. The van der Waals surface area contributed by atoms with Crippen molar-refractivity contribution in [1.82, 2.24) is 14.6 Å². The molecule has 0 saturated heterocycles. The first-order chi connectivity index (χ1) is 9.65. The van der Waals surface area contributed by atoms with Gasteiger partial charge in [-0.2, -0.15) is 5.10 Å². The lowest BCUT2D eigenvalue weighted by Crippen LogP contribution is -2.03. The molecule has 2 aromatic heterocycles. The number of halogens is 2. The van der Waals surface area contributed by atoms with E-state index in [0.717, 1.165) is 5.56 Å². The number of nitrogens with zero attached hydrogens (tertiary/aromatic N) is 3. The second kappa shape index (κ2) is 5.13. The van der Waals surface area contributed by atoms with Gasteiger partial charge in [0, 0.05) is 18.8 Å². The molecule has 0 spiro atoms. The zero-order chi connectivity index (χ0) is 14.1. The Hall–Kier alpha value is -2.08. The van der Waals surface area contributed by atoms with Crippen LogP contribution in [-0.4, -0.2) is 20.4 Å². The summed E-state index contributed by atoms with van der Waals surface area (Å²) in [4.78, 5) is 16.3. The van der Waals surface area contributed by atoms with Gasteiger partial charge in [-0.25, -0.2) is 8.91 Å². The van der Waals surface area contributed by atoms with Gasteiger partial charge >= 0.3 is 0 Å². The number of carbonyl (C=O) groups excluding carboxylic acids is 1. The molecule has 4 nitrogen and oxygen atoms in total. The van der Waals surface area contributed by atoms with E-state index in [1.54, 1.807) is 35.2 Å². The molecule has 0 aliphatic heterocycles. The number of rotatable bonds is 3. The molecule has 0 unspecified atom stereocenters. The summed E-state index contributed by atoms with van der Waals surface area (Å²) < 4.78 is 15.1. The molecule has 1 aromatic carbocycles. The molecule has 0 fully saturated rings. The van der Waals surface area contributed by atoms with E-state index in [1.165, 1.54) is 12.3 Å². The van der Waals surface area contributed by atoms with Crippen LogP contribution in [0.15, 0.2) is 47.5 Å². The highest BCUT2D eigenvalue weighted by atomic mass is 79.9. The third-order valence-corrected chi connectivity index (χ3v) is 3.58. The van der Waals surface area contributed by atoms with E-state index >= 15 is 0 Å². The van der Waals surface area contributed by atoms with E-state index in [4.69, 9.17) is 0 Å². The van der Waals surface area contributed by atoms with Crippen LogP contribution in [0.5, 0.6) is 0 Å². The number of hydrogen-bond donors (Lipinski definition) is 0. The van der Waals surface area contributed by atoms with Crippen LogP contribution >= 0.6 is 15.9 Å². The lowest BCUT2D eigenvalue weighted by atomic mass is 10.0. The van der Waals surface area contributed by atoms with Gasteiger partial charge in [-0.1, -0.05) is 6.07 Å². The van der Waals surface area contributed by atoms with Gasteiger partial charge in [0.05, 0.1) is 27.9 Å². The fraction of sp³-hybridized carbons (Fsp3) is 0.0714. The summed E-state index contributed by atoms with van der Waals surface area (Å²) in [7, 11) is 0. The van der Waals surface area contributed by atoms with Crippen molar-refractivity contribution in [1.29, 1.82) is 0 Å². The predicted octanol–water partition coefficient (Wildman–Crippen LogP) is 3.06. The van der Waals surface area contributed by atoms with Crippen LogP contribution in [0.25, 0.3) is 5.52 Å². The number of benzene rings is 1. The van der Waals surface area contributed by atoms with Crippen molar-refractivity contribution in [2.45, 2.75) is 6.42 Å². The minimum Gasteiger partial charge on any atom is -0.294 e. The predicted molar refractivity (Wildman–Crippen MR) is 75.1 cm³/mol. The first-order valence-corrected chi connectivity index (χ1v) is 6.69. The zero-order valence-electron chi connectivity index (χ0n) is 10.3. The lowest BCUT2D eigenvalue weighted by Gasteiger charge is -2.02. The van der Waals surface area contributed by atoms with E-state index < -0.39 is 0 Å². The summed E-state index contributed by atoms with van der Waals surface area (Å²) in [5.74, 6) is -0.423. The van der Waals surface area contributed by atoms with Gasteiger partial charge in [0.2, 0.25) is 0 Å². The highest BCUT2D eigenvalue weighted by Crippen LogP contribution is 2.19. The van der Waals surface area contributed by atoms with Crippen molar-refractivity contribution in [3.05, 3.63) is 64.4 Å². The number of ketones is 1. The molecular formula is C14H9BrFN3O. The maximum absolute atomic E-state index is 13.2. The first-order valence-electron chi connectivity index (χ1n) is 5.89. The second-order valence-corrected chi connectivity index (χ2v) is 5.17. The second-order valence-electron chi connectivity index (χ2n) is 4.31. The van der Waals surface area contributed by atoms with Crippen LogP contribution in [0.2, 0.25) is 0 Å². The van der Waals surface area contributed by atoms with Gasteiger partial charge in [-0.05, 0) is 33.6 Å². The fourth-order valence-electron chi connectivity index (χ4n) is 1.98. The molecule has 20 heavy (non-hydrogen) atoms. The standard InChI is InChI=1S/C14H9BrFN3O/c15-11-5-9(1-2-12(11)16)6-14(20)10-7-18-19-4-3-17-8-13(10)19/h1-5,7-8H,6H2. The van der Waals surface area contributed by atoms with Crippen LogP contribution in [0.3, 0.4) is 0 Å². The average molecular weight is 334 g/mol. The molecule has 100 valence electrons. The minimum atomic E-state index is -0.346. The summed E-state index contributed by atoms with van der Waals surface area (Å²) in [6, 6.07) is 4.55. The van der Waals surface area contributed by atoms with E-state index in [0.29, 0.717) is 15.6 Å². The van der Waals surface area contributed by atoms with E-state index in [2.05, 4.69) is 26.0 Å². The van der Waals surface area contributed by atoms with Crippen LogP contribution in [0.4, 0.5) is 4.39 Å². The van der Waals surface area contributed by atoms with E-state index in [1.807, 2.05) is 0 Å². The number of aromatic nitrogens is 3. The van der Waals surface area contributed by atoms with Crippen LogP contribution in [-0.2, 0) is 6.42 Å². The molecule has 0 atom stereocenters. The minimum absolute atomic E-state index is 0.0773. The fourth-order valence-corrected chi connectivity index (χ4v) is 2.41. The third kappa shape index (κ3) is 2.34. The van der Waals surface area contributed by atoms with E-state index in [9.17, 15) is 9.18 Å². The number of Topliss-reactive ketones (excluding diaryl/α,β-unsaturated/α-hetero) is 1. The average Bonchev–Trinajstić information content (AvgIpc) is 2.87. The molecule has 0 radical (unpaired) electrons. The highest BCUT2D eigenvalue weighted by Gasteiger charge is 2.14. The van der Waals surface area contributed by atoms with Gasteiger partial charge < -0.3 is 0 Å². The smallest absolute Gasteiger partial charge is 0.171 e. The van der Waals surface area contributed by atoms with Crippen molar-refractivity contribution >= 4 is 27.2 Å². The van der Waals surface area contributed by atoms with Crippen molar-refractivity contribution in [2.75, 3.05) is 0 Å². The number of carbonyl (C=O) groups is 1. The molecule has 0 aliphatic rings. The Morgan fingerprint density at radius 1 is 1.35 bits per heavy atom. The molecule has 2 heterocycles. The number of fused-ring (bicyclic) bond motifs is 1. The van der Waals surface area contributed by atoms with Gasteiger partial charge in [-0.3, -0.25) is 9.78 Å².